The molecule has 1 aromatic rings. The first-order valence-corrected chi connectivity index (χ1v) is 5.43. The summed E-state index contributed by atoms with van der Waals surface area (Å²) in [6.45, 7) is 5.58. The van der Waals surface area contributed by atoms with Crippen LogP contribution in [0.2, 0.25) is 0 Å². The number of hydrogen-bond acceptors (Lipinski definition) is 4. The molecule has 13 heavy (non-hydrogen) atoms. The lowest BCUT2D eigenvalue weighted by molar-refractivity contribution is 0.235. The molecule has 0 unspecified atom stereocenters. The van der Waals surface area contributed by atoms with Gasteiger partial charge in [-0.2, -0.15) is 0 Å². The second kappa shape index (κ2) is 4.09. The third kappa shape index (κ3) is 2.43. The predicted octanol–water partition coefficient (Wildman–Crippen LogP) is 0.736. The maximum atomic E-state index is 5.67. The molecule has 72 valence electrons. The van der Waals surface area contributed by atoms with E-state index < -0.39 is 0 Å². The molecule has 0 atom stereocenters. The number of rotatable bonds is 2. The number of nitrogens with zero attached hydrogens (tertiary/aromatic N) is 1. The van der Waals surface area contributed by atoms with Crippen LogP contribution in [0.3, 0.4) is 0 Å². The van der Waals surface area contributed by atoms with Crippen LogP contribution in [0.5, 0.6) is 0 Å². The van der Waals surface area contributed by atoms with E-state index in [9.17, 15) is 0 Å². The molecule has 0 spiro atoms. The summed E-state index contributed by atoms with van der Waals surface area (Å²) in [6, 6.07) is 4.12. The minimum Gasteiger partial charge on any atom is -0.391 e. The summed E-state index contributed by atoms with van der Waals surface area (Å²) in [5, 5.41) is 4.26. The van der Waals surface area contributed by atoms with Gasteiger partial charge in [0.1, 0.15) is 0 Å². The van der Waals surface area contributed by atoms with Crippen LogP contribution in [0.25, 0.3) is 0 Å². The summed E-state index contributed by atoms with van der Waals surface area (Å²) in [5.41, 5.74) is 5.67. The van der Waals surface area contributed by atoms with Gasteiger partial charge in [-0.25, -0.2) is 0 Å². The summed E-state index contributed by atoms with van der Waals surface area (Å²) in [4.78, 5) is 3.83. The molecule has 2 heterocycles. The zero-order valence-electron chi connectivity index (χ0n) is 7.62. The Kier molecular flexibility index (Phi) is 2.83. The fourth-order valence-corrected chi connectivity index (χ4v) is 2.39. The molecule has 1 aliphatic heterocycles. The van der Waals surface area contributed by atoms with E-state index in [0.717, 1.165) is 37.7 Å². The van der Waals surface area contributed by atoms with Gasteiger partial charge in [0.25, 0.3) is 0 Å². The van der Waals surface area contributed by atoms with Gasteiger partial charge in [-0.05, 0) is 12.1 Å². The largest absolute Gasteiger partial charge is 0.391 e. The summed E-state index contributed by atoms with van der Waals surface area (Å²) in [7, 11) is 0. The molecule has 0 aliphatic carbocycles. The molecule has 0 amide bonds. The number of nitrogen functional groups attached to an aromatic ring is 1. The number of nitrogens with one attached hydrogen (secondary N) is 1. The number of anilines is 1. The van der Waals surface area contributed by atoms with E-state index in [-0.39, 0.29) is 0 Å². The van der Waals surface area contributed by atoms with Crippen molar-refractivity contribution in [2.45, 2.75) is 6.54 Å². The van der Waals surface area contributed by atoms with Crippen LogP contribution in [0.1, 0.15) is 4.88 Å². The third-order valence-corrected chi connectivity index (χ3v) is 3.17. The zero-order valence-corrected chi connectivity index (χ0v) is 8.44. The van der Waals surface area contributed by atoms with Crippen LogP contribution in [0.4, 0.5) is 5.00 Å². The molecule has 0 aromatic carbocycles. The van der Waals surface area contributed by atoms with Crippen molar-refractivity contribution in [1.29, 1.82) is 0 Å². The standard InChI is InChI=1S/C9H15N3S/c10-9-2-1-8(13-9)7-12-5-3-11-4-6-12/h1-2,11H,3-7,10H2. The summed E-state index contributed by atoms with van der Waals surface area (Å²) < 4.78 is 0. The van der Waals surface area contributed by atoms with E-state index in [2.05, 4.69) is 16.3 Å². The Bertz CT molecular complexity index is 266. The molecule has 1 saturated heterocycles. The number of thiophene rings is 1. The Balaban J connectivity index is 1.89. The van der Waals surface area contributed by atoms with E-state index in [1.165, 1.54) is 4.88 Å². The molecule has 3 nitrogen and oxygen atoms in total. The minimum atomic E-state index is 0.921. The Hall–Kier alpha value is -0.580. The second-order valence-corrected chi connectivity index (χ2v) is 4.53. The monoisotopic (exact) mass is 197 g/mol. The molecule has 2 rings (SSSR count). The predicted molar refractivity (Wildman–Crippen MR) is 56.9 cm³/mol. The smallest absolute Gasteiger partial charge is 0.0859 e. The second-order valence-electron chi connectivity index (χ2n) is 3.33. The van der Waals surface area contributed by atoms with Crippen molar-refractivity contribution in [2.75, 3.05) is 31.9 Å². The summed E-state index contributed by atoms with van der Waals surface area (Å²) in [6.07, 6.45) is 0. The van der Waals surface area contributed by atoms with Crippen molar-refractivity contribution in [3.05, 3.63) is 17.0 Å². The lowest BCUT2D eigenvalue weighted by Crippen LogP contribution is -2.42. The lowest BCUT2D eigenvalue weighted by Gasteiger charge is -2.26. The average molecular weight is 197 g/mol. The van der Waals surface area contributed by atoms with Gasteiger partial charge < -0.3 is 11.1 Å². The molecular formula is C9H15N3S. The van der Waals surface area contributed by atoms with Gasteiger partial charge in [-0.15, -0.1) is 11.3 Å². The fraction of sp³-hybridized carbons (Fsp3) is 0.556. The SMILES string of the molecule is Nc1ccc(CN2CCNCC2)s1. The van der Waals surface area contributed by atoms with E-state index >= 15 is 0 Å². The fourth-order valence-electron chi connectivity index (χ4n) is 1.57. The number of hydrogen-bond donors (Lipinski definition) is 2. The van der Waals surface area contributed by atoms with Crippen molar-refractivity contribution < 1.29 is 0 Å². The molecule has 3 N–H and O–H groups in total. The topological polar surface area (TPSA) is 41.3 Å². The van der Waals surface area contributed by atoms with Crippen molar-refractivity contribution in [2.24, 2.45) is 0 Å². The number of piperazine rings is 1. The highest BCUT2D eigenvalue weighted by molar-refractivity contribution is 7.15. The molecule has 0 bridgehead atoms. The van der Waals surface area contributed by atoms with Crippen molar-refractivity contribution >= 4 is 16.3 Å². The van der Waals surface area contributed by atoms with Gasteiger partial charge in [0, 0.05) is 37.6 Å². The average Bonchev–Trinajstić information content (AvgIpc) is 2.53. The number of nitrogens with two attached hydrogens (primary N) is 1. The van der Waals surface area contributed by atoms with Crippen LogP contribution in [-0.2, 0) is 6.54 Å². The first-order chi connectivity index (χ1) is 6.34. The first-order valence-electron chi connectivity index (χ1n) is 4.62. The van der Waals surface area contributed by atoms with Crippen molar-refractivity contribution in [1.82, 2.24) is 10.2 Å². The van der Waals surface area contributed by atoms with Crippen LogP contribution >= 0.6 is 11.3 Å². The Morgan fingerprint density at radius 3 is 2.77 bits per heavy atom. The van der Waals surface area contributed by atoms with Crippen LogP contribution in [0, 0.1) is 0 Å². The van der Waals surface area contributed by atoms with Crippen LogP contribution < -0.4 is 11.1 Å². The van der Waals surface area contributed by atoms with E-state index in [1.54, 1.807) is 11.3 Å². The minimum absolute atomic E-state index is 0.921. The van der Waals surface area contributed by atoms with Gasteiger partial charge in [-0.3, -0.25) is 4.90 Å². The Labute approximate surface area is 82.5 Å². The van der Waals surface area contributed by atoms with Gasteiger partial charge in [0.2, 0.25) is 0 Å². The molecule has 1 fully saturated rings. The summed E-state index contributed by atoms with van der Waals surface area (Å²) in [5.74, 6) is 0. The van der Waals surface area contributed by atoms with E-state index in [0.29, 0.717) is 0 Å². The normalized spacial score (nSPS) is 19.1. The Morgan fingerprint density at radius 1 is 1.38 bits per heavy atom. The maximum absolute atomic E-state index is 5.67. The Morgan fingerprint density at radius 2 is 2.15 bits per heavy atom. The first kappa shape index (κ1) is 8.99. The lowest BCUT2D eigenvalue weighted by atomic mass is 10.3. The van der Waals surface area contributed by atoms with Gasteiger partial charge >= 0.3 is 0 Å². The van der Waals surface area contributed by atoms with Gasteiger partial charge in [0.05, 0.1) is 5.00 Å². The van der Waals surface area contributed by atoms with Gasteiger partial charge in [-0.1, -0.05) is 0 Å². The van der Waals surface area contributed by atoms with E-state index in [1.807, 2.05) is 6.07 Å². The maximum Gasteiger partial charge on any atom is 0.0859 e. The molecule has 1 aliphatic rings. The molecule has 0 saturated carbocycles. The molecule has 4 heteroatoms. The highest BCUT2D eigenvalue weighted by Gasteiger charge is 2.10. The van der Waals surface area contributed by atoms with Crippen LogP contribution in [-0.4, -0.2) is 31.1 Å². The van der Waals surface area contributed by atoms with Gasteiger partial charge in [0.15, 0.2) is 0 Å². The molecule has 0 radical (unpaired) electrons. The van der Waals surface area contributed by atoms with Crippen molar-refractivity contribution in [3.63, 3.8) is 0 Å². The molecule has 1 aromatic heterocycles. The zero-order chi connectivity index (χ0) is 9.10. The summed E-state index contributed by atoms with van der Waals surface area (Å²) >= 11 is 1.70. The van der Waals surface area contributed by atoms with Crippen LogP contribution in [0.15, 0.2) is 12.1 Å². The quantitative estimate of drug-likeness (QED) is 0.734. The highest BCUT2D eigenvalue weighted by atomic mass is 32.1. The van der Waals surface area contributed by atoms with E-state index in [4.69, 9.17) is 5.73 Å². The highest BCUT2D eigenvalue weighted by Crippen LogP contribution is 2.19. The third-order valence-electron chi connectivity index (χ3n) is 2.27. The van der Waals surface area contributed by atoms with Crippen molar-refractivity contribution in [3.8, 4) is 0 Å². The molecular weight excluding hydrogens is 182 g/mol.